The van der Waals surface area contributed by atoms with Gasteiger partial charge < -0.3 is 14.5 Å². The molecular weight excluding hydrogens is 485 g/mol. The average Bonchev–Trinajstić information content (AvgIpc) is 3.31. The molecular formula is C29H30FN5O3. The number of nitrogens with zero attached hydrogens (tertiary/aromatic N) is 4. The van der Waals surface area contributed by atoms with Crippen molar-refractivity contribution in [3.8, 4) is 11.5 Å². The van der Waals surface area contributed by atoms with Gasteiger partial charge in [-0.05, 0) is 48.4 Å². The van der Waals surface area contributed by atoms with Crippen LogP contribution >= 0.6 is 0 Å². The number of nitrogens with one attached hydrogen (secondary N) is 1. The summed E-state index contributed by atoms with van der Waals surface area (Å²) in [5.74, 6) is 1.04. The number of hydrogen-bond acceptors (Lipinski definition) is 6. The summed E-state index contributed by atoms with van der Waals surface area (Å²) >= 11 is 0. The summed E-state index contributed by atoms with van der Waals surface area (Å²) in [5, 5.41) is 3.53. The number of halogens is 1. The molecule has 0 spiro atoms. The van der Waals surface area contributed by atoms with Crippen molar-refractivity contribution >= 4 is 17.6 Å². The SMILES string of the molecule is CC1CN(c2ccc(Oc3ccccc3)cc2)C2NC3C(C(=O)N(Cc4ccccc4F)C(=O)N3C)N2C1. The monoisotopic (exact) mass is 515 g/mol. The van der Waals surface area contributed by atoms with Crippen LogP contribution in [0.5, 0.6) is 11.5 Å². The summed E-state index contributed by atoms with van der Waals surface area (Å²) in [6.45, 7) is 3.55. The van der Waals surface area contributed by atoms with Crippen LogP contribution in [-0.4, -0.2) is 65.3 Å². The Morgan fingerprint density at radius 2 is 1.61 bits per heavy atom. The van der Waals surface area contributed by atoms with Gasteiger partial charge in [0.05, 0.1) is 6.54 Å². The van der Waals surface area contributed by atoms with Crippen LogP contribution < -0.4 is 15.0 Å². The highest BCUT2D eigenvalue weighted by Gasteiger charge is 2.56. The molecule has 0 saturated carbocycles. The summed E-state index contributed by atoms with van der Waals surface area (Å²) in [6, 6.07) is 22.8. The summed E-state index contributed by atoms with van der Waals surface area (Å²) in [7, 11) is 1.69. The van der Waals surface area contributed by atoms with E-state index in [2.05, 4.69) is 22.0 Å². The number of likely N-dealkylation sites (N-methyl/N-ethyl adjacent to an activating group) is 1. The molecule has 6 rings (SSSR count). The first-order chi connectivity index (χ1) is 18.4. The van der Waals surface area contributed by atoms with Crippen LogP contribution in [0.1, 0.15) is 12.5 Å². The van der Waals surface area contributed by atoms with E-state index in [-0.39, 0.29) is 24.7 Å². The highest BCUT2D eigenvalue weighted by atomic mass is 19.1. The Morgan fingerprint density at radius 3 is 2.34 bits per heavy atom. The zero-order chi connectivity index (χ0) is 26.4. The lowest BCUT2D eigenvalue weighted by atomic mass is 10.0. The predicted molar refractivity (Wildman–Crippen MR) is 141 cm³/mol. The molecule has 3 fully saturated rings. The van der Waals surface area contributed by atoms with Crippen LogP contribution in [0.2, 0.25) is 0 Å². The van der Waals surface area contributed by atoms with E-state index in [1.165, 1.54) is 11.0 Å². The molecule has 1 N–H and O–H groups in total. The molecule has 0 aromatic heterocycles. The molecule has 3 aromatic rings. The van der Waals surface area contributed by atoms with Gasteiger partial charge >= 0.3 is 6.03 Å². The van der Waals surface area contributed by atoms with Gasteiger partial charge in [-0.15, -0.1) is 0 Å². The summed E-state index contributed by atoms with van der Waals surface area (Å²) in [6.07, 6.45) is -0.750. The Hall–Kier alpha value is -3.95. The molecule has 0 aliphatic carbocycles. The second kappa shape index (κ2) is 9.74. The first-order valence-corrected chi connectivity index (χ1v) is 12.8. The highest BCUT2D eigenvalue weighted by Crippen LogP contribution is 2.35. The maximum Gasteiger partial charge on any atom is 0.328 e. The van der Waals surface area contributed by atoms with Crippen molar-refractivity contribution in [1.82, 2.24) is 20.0 Å². The Kier molecular flexibility index (Phi) is 6.25. The fourth-order valence-corrected chi connectivity index (χ4v) is 5.69. The predicted octanol–water partition coefficient (Wildman–Crippen LogP) is 4.05. The molecule has 3 aromatic carbocycles. The number of rotatable bonds is 5. The maximum absolute atomic E-state index is 14.4. The lowest BCUT2D eigenvalue weighted by Crippen LogP contribution is -2.66. The van der Waals surface area contributed by atoms with E-state index >= 15 is 0 Å². The van der Waals surface area contributed by atoms with E-state index in [1.807, 2.05) is 54.6 Å². The van der Waals surface area contributed by atoms with Crippen molar-refractivity contribution < 1.29 is 18.7 Å². The normalized spacial score (nSPS) is 25.4. The molecule has 8 nitrogen and oxygen atoms in total. The number of anilines is 1. The standard InChI is InChI=1S/C29H30FN5O3/c1-19-16-33(21-12-14-23(15-13-21)38-22-9-4-3-5-10-22)28-31-26-25(34(28)17-19)27(36)35(29(37)32(26)2)18-20-8-6-7-11-24(20)30/h3-15,19,25-26,28,31H,16-18H2,1-2H3. The van der Waals surface area contributed by atoms with Crippen molar-refractivity contribution in [2.75, 3.05) is 25.0 Å². The van der Waals surface area contributed by atoms with Crippen LogP contribution in [0.3, 0.4) is 0 Å². The summed E-state index contributed by atoms with van der Waals surface area (Å²) in [4.78, 5) is 34.1. The van der Waals surface area contributed by atoms with Gasteiger partial charge in [0.2, 0.25) is 0 Å². The Labute approximate surface area is 221 Å². The number of para-hydroxylation sites is 1. The maximum atomic E-state index is 14.4. The topological polar surface area (TPSA) is 68.4 Å². The van der Waals surface area contributed by atoms with E-state index in [0.29, 0.717) is 12.1 Å². The third-order valence-corrected chi connectivity index (χ3v) is 7.52. The Morgan fingerprint density at radius 1 is 0.921 bits per heavy atom. The molecule has 0 bridgehead atoms. The fraction of sp³-hybridized carbons (Fsp3) is 0.310. The van der Waals surface area contributed by atoms with Gasteiger partial charge in [-0.1, -0.05) is 43.3 Å². The number of carbonyl (C=O) groups is 2. The van der Waals surface area contributed by atoms with E-state index in [1.54, 1.807) is 30.1 Å². The molecule has 3 amide bonds. The number of benzene rings is 3. The van der Waals surface area contributed by atoms with Gasteiger partial charge in [0.25, 0.3) is 5.91 Å². The van der Waals surface area contributed by atoms with Crippen LogP contribution in [-0.2, 0) is 11.3 Å². The van der Waals surface area contributed by atoms with Gasteiger partial charge in [0, 0.05) is 31.4 Å². The summed E-state index contributed by atoms with van der Waals surface area (Å²) < 4.78 is 20.3. The van der Waals surface area contributed by atoms with Crippen LogP contribution in [0.15, 0.2) is 78.9 Å². The fourth-order valence-electron chi connectivity index (χ4n) is 5.69. The highest BCUT2D eigenvalue weighted by molar-refractivity contribution is 6.00. The quantitative estimate of drug-likeness (QED) is 0.553. The lowest BCUT2D eigenvalue weighted by Gasteiger charge is -2.46. The van der Waals surface area contributed by atoms with Crippen molar-refractivity contribution in [2.24, 2.45) is 5.92 Å². The zero-order valence-corrected chi connectivity index (χ0v) is 21.3. The lowest BCUT2D eigenvalue weighted by molar-refractivity contribution is -0.139. The minimum Gasteiger partial charge on any atom is -0.457 e. The van der Waals surface area contributed by atoms with E-state index in [0.717, 1.165) is 23.7 Å². The number of fused-ring (bicyclic) bond motifs is 3. The minimum atomic E-state index is -0.569. The van der Waals surface area contributed by atoms with E-state index < -0.39 is 24.1 Å². The zero-order valence-electron chi connectivity index (χ0n) is 21.3. The van der Waals surface area contributed by atoms with Crippen LogP contribution in [0.25, 0.3) is 0 Å². The van der Waals surface area contributed by atoms with Gasteiger partial charge in [0.15, 0.2) is 0 Å². The van der Waals surface area contributed by atoms with Gasteiger partial charge in [-0.25, -0.2) is 9.18 Å². The molecule has 9 heteroatoms. The minimum absolute atomic E-state index is 0.0987. The first kappa shape index (κ1) is 24.4. The third-order valence-electron chi connectivity index (χ3n) is 7.52. The molecule has 4 unspecified atom stereocenters. The van der Waals surface area contributed by atoms with Crippen molar-refractivity contribution in [2.45, 2.75) is 32.0 Å². The molecule has 4 atom stereocenters. The largest absolute Gasteiger partial charge is 0.457 e. The number of imide groups is 1. The molecule has 0 radical (unpaired) electrons. The Bertz CT molecular complexity index is 1340. The van der Waals surface area contributed by atoms with Crippen molar-refractivity contribution in [3.63, 3.8) is 0 Å². The number of carbonyl (C=O) groups excluding carboxylic acids is 2. The average molecular weight is 516 g/mol. The number of ether oxygens (including phenoxy) is 1. The van der Waals surface area contributed by atoms with Crippen molar-refractivity contribution in [1.29, 1.82) is 0 Å². The van der Waals surface area contributed by atoms with Gasteiger partial charge in [0.1, 0.15) is 35.8 Å². The second-order valence-electron chi connectivity index (χ2n) is 10.2. The molecule has 3 heterocycles. The second-order valence-corrected chi connectivity index (χ2v) is 10.2. The number of hydrogen-bond donors (Lipinski definition) is 1. The van der Waals surface area contributed by atoms with Gasteiger partial charge in [-0.3, -0.25) is 19.9 Å². The van der Waals surface area contributed by atoms with Crippen molar-refractivity contribution in [3.05, 3.63) is 90.2 Å². The molecule has 3 aliphatic rings. The van der Waals surface area contributed by atoms with Crippen LogP contribution in [0, 0.1) is 11.7 Å². The van der Waals surface area contributed by atoms with Gasteiger partial charge in [-0.2, -0.15) is 0 Å². The van der Waals surface area contributed by atoms with E-state index in [9.17, 15) is 14.0 Å². The molecule has 196 valence electrons. The van der Waals surface area contributed by atoms with Crippen LogP contribution in [0.4, 0.5) is 14.9 Å². The Balaban J connectivity index is 1.25. The molecule has 3 saturated heterocycles. The number of amides is 3. The van der Waals surface area contributed by atoms with E-state index in [4.69, 9.17) is 4.74 Å². The molecule has 3 aliphatic heterocycles. The molecule has 38 heavy (non-hydrogen) atoms. The number of urea groups is 1. The third kappa shape index (κ3) is 4.27. The smallest absolute Gasteiger partial charge is 0.328 e. The first-order valence-electron chi connectivity index (χ1n) is 12.8. The summed E-state index contributed by atoms with van der Waals surface area (Å²) in [5.41, 5.74) is 1.30.